The van der Waals surface area contributed by atoms with Gasteiger partial charge in [-0.05, 0) is 49.2 Å². The van der Waals surface area contributed by atoms with Crippen molar-refractivity contribution in [3.05, 3.63) is 71.2 Å². The molecule has 10 heteroatoms. The van der Waals surface area contributed by atoms with Crippen LogP contribution in [-0.2, 0) is 12.6 Å². The number of benzene rings is 2. The maximum absolute atomic E-state index is 13.0. The number of anilines is 1. The van der Waals surface area contributed by atoms with Crippen LogP contribution in [0, 0.1) is 6.92 Å². The molecule has 1 N–H and O–H groups in total. The van der Waals surface area contributed by atoms with E-state index >= 15 is 0 Å². The van der Waals surface area contributed by atoms with Gasteiger partial charge in [-0.15, -0.1) is 10.2 Å². The Bertz CT molecular complexity index is 1330. The van der Waals surface area contributed by atoms with Gasteiger partial charge in [0.05, 0.1) is 29.6 Å². The molecule has 2 aromatic heterocycles. The first-order valence-electron chi connectivity index (χ1n) is 10.1. The molecule has 0 aliphatic heterocycles. The van der Waals surface area contributed by atoms with Crippen LogP contribution in [0.3, 0.4) is 0 Å². The maximum Gasteiger partial charge on any atom is 0.416 e. The second-order valence-electron chi connectivity index (χ2n) is 7.31. The smallest absolute Gasteiger partial charge is 0.416 e. The molecule has 0 aliphatic rings. The van der Waals surface area contributed by atoms with Crippen molar-refractivity contribution in [2.45, 2.75) is 26.4 Å². The van der Waals surface area contributed by atoms with E-state index in [0.29, 0.717) is 23.5 Å². The summed E-state index contributed by atoms with van der Waals surface area (Å²) in [6.45, 7) is 3.62. The molecular weight excluding hydrogens is 435 g/mol. The van der Waals surface area contributed by atoms with Crippen molar-refractivity contribution >= 4 is 17.2 Å². The number of aryl methyl sites for hydroxylation is 2. The zero-order valence-corrected chi connectivity index (χ0v) is 18.1. The van der Waals surface area contributed by atoms with Crippen LogP contribution < -0.4 is 10.1 Å². The fourth-order valence-corrected chi connectivity index (χ4v) is 3.52. The topological polar surface area (TPSA) is 81.4 Å². The zero-order valence-electron chi connectivity index (χ0n) is 18.1. The quantitative estimate of drug-likeness (QED) is 0.461. The molecule has 7 nitrogen and oxygen atoms in total. The van der Waals surface area contributed by atoms with E-state index in [2.05, 4.69) is 20.6 Å². The fourth-order valence-electron chi connectivity index (χ4n) is 3.52. The van der Waals surface area contributed by atoms with Crippen molar-refractivity contribution in [1.29, 1.82) is 0 Å². The molecule has 4 aromatic rings. The molecule has 0 aliphatic carbocycles. The van der Waals surface area contributed by atoms with Crippen LogP contribution in [0.5, 0.6) is 5.75 Å². The predicted molar refractivity (Wildman–Crippen MR) is 116 cm³/mol. The summed E-state index contributed by atoms with van der Waals surface area (Å²) in [5, 5.41) is 15.4. The summed E-state index contributed by atoms with van der Waals surface area (Å²) in [7, 11) is 1.59. The summed E-state index contributed by atoms with van der Waals surface area (Å²) in [6, 6.07) is 11.8. The number of nitrogens with one attached hydrogen (secondary N) is 1. The summed E-state index contributed by atoms with van der Waals surface area (Å²) in [5.74, 6) is 0.0323. The van der Waals surface area contributed by atoms with Gasteiger partial charge >= 0.3 is 6.18 Å². The van der Waals surface area contributed by atoms with E-state index in [4.69, 9.17) is 4.74 Å². The highest BCUT2D eigenvalue weighted by atomic mass is 19.4. The van der Waals surface area contributed by atoms with E-state index in [1.807, 2.05) is 31.2 Å². The molecule has 0 saturated carbocycles. The fraction of sp³-hybridized carbons (Fsp3) is 0.217. The third-order valence-electron chi connectivity index (χ3n) is 5.22. The molecule has 0 unspecified atom stereocenters. The number of rotatable bonds is 5. The predicted octanol–water partition coefficient (Wildman–Crippen LogP) is 4.94. The minimum atomic E-state index is -4.52. The highest BCUT2D eigenvalue weighted by Gasteiger charge is 2.30. The molecule has 2 heterocycles. The van der Waals surface area contributed by atoms with Crippen molar-refractivity contribution in [2.75, 3.05) is 12.4 Å². The van der Waals surface area contributed by atoms with Crippen LogP contribution in [0.2, 0.25) is 0 Å². The van der Waals surface area contributed by atoms with E-state index in [1.54, 1.807) is 14.0 Å². The van der Waals surface area contributed by atoms with E-state index in [0.717, 1.165) is 29.0 Å². The number of ether oxygens (including phenoxy) is 1. The number of nitrogens with zero attached hydrogens (tertiary/aromatic N) is 4. The molecule has 1 amide bonds. The molecule has 0 saturated heterocycles. The van der Waals surface area contributed by atoms with Crippen LogP contribution in [0.15, 0.2) is 48.5 Å². The average molecular weight is 455 g/mol. The number of fused-ring (bicyclic) bond motifs is 1. The Morgan fingerprint density at radius 1 is 1.12 bits per heavy atom. The molecular formula is C23H20F3N5O2. The molecule has 2 aromatic carbocycles. The van der Waals surface area contributed by atoms with E-state index < -0.39 is 17.6 Å². The standard InChI is InChI=1S/C23H20F3N5O2/c1-4-18-19(14-8-10-17(33-3)11-9-14)21-29-28-20(13(2)31(21)30-18)22(32)27-16-7-5-6-15(12-16)23(24,25)26/h5-12H,4H2,1-3H3,(H,27,32). The van der Waals surface area contributed by atoms with Gasteiger partial charge < -0.3 is 10.1 Å². The van der Waals surface area contributed by atoms with Crippen molar-refractivity contribution < 1.29 is 22.7 Å². The Balaban J connectivity index is 1.72. The van der Waals surface area contributed by atoms with Crippen molar-refractivity contribution in [1.82, 2.24) is 19.8 Å². The number of alkyl halides is 3. The lowest BCUT2D eigenvalue weighted by Gasteiger charge is -2.10. The van der Waals surface area contributed by atoms with Gasteiger partial charge in [-0.1, -0.05) is 25.1 Å². The molecule has 33 heavy (non-hydrogen) atoms. The summed E-state index contributed by atoms with van der Waals surface area (Å²) < 4.78 is 45.7. The Morgan fingerprint density at radius 3 is 2.48 bits per heavy atom. The van der Waals surface area contributed by atoms with E-state index in [-0.39, 0.29) is 11.4 Å². The lowest BCUT2D eigenvalue weighted by atomic mass is 10.0. The molecule has 170 valence electrons. The first-order valence-corrected chi connectivity index (χ1v) is 10.1. The van der Waals surface area contributed by atoms with Crippen molar-refractivity contribution in [3.8, 4) is 16.9 Å². The van der Waals surface area contributed by atoms with Gasteiger partial charge in [0.2, 0.25) is 0 Å². The van der Waals surface area contributed by atoms with Crippen LogP contribution in [0.4, 0.5) is 18.9 Å². The normalized spacial score (nSPS) is 11.6. The first-order chi connectivity index (χ1) is 15.7. The number of halogens is 3. The number of methoxy groups -OCH3 is 1. The number of hydrogen-bond acceptors (Lipinski definition) is 5. The minimum Gasteiger partial charge on any atom is -0.497 e. The van der Waals surface area contributed by atoms with Crippen molar-refractivity contribution in [2.24, 2.45) is 0 Å². The zero-order chi connectivity index (χ0) is 23.8. The highest BCUT2D eigenvalue weighted by Crippen LogP contribution is 2.32. The molecule has 0 bridgehead atoms. The van der Waals surface area contributed by atoms with Gasteiger partial charge in [-0.2, -0.15) is 18.3 Å². The van der Waals surface area contributed by atoms with Gasteiger partial charge in [0, 0.05) is 5.69 Å². The summed E-state index contributed by atoms with van der Waals surface area (Å²) in [5.41, 5.74) is 2.44. The second-order valence-corrected chi connectivity index (χ2v) is 7.31. The average Bonchev–Trinajstić information content (AvgIpc) is 3.18. The van der Waals surface area contributed by atoms with Gasteiger partial charge in [-0.25, -0.2) is 4.52 Å². The monoisotopic (exact) mass is 455 g/mol. The summed E-state index contributed by atoms with van der Waals surface area (Å²) in [6.07, 6.45) is -3.89. The Morgan fingerprint density at radius 2 is 1.85 bits per heavy atom. The SMILES string of the molecule is CCc1nn2c(C)c(C(=O)Nc3cccc(C(F)(F)F)c3)nnc2c1-c1ccc(OC)cc1. The molecule has 0 spiro atoms. The molecule has 0 atom stereocenters. The van der Waals surface area contributed by atoms with E-state index in [1.165, 1.54) is 16.6 Å². The first kappa shape index (κ1) is 22.3. The molecule has 0 fully saturated rings. The third kappa shape index (κ3) is 4.23. The number of aromatic nitrogens is 4. The summed E-state index contributed by atoms with van der Waals surface area (Å²) in [4.78, 5) is 12.8. The largest absolute Gasteiger partial charge is 0.497 e. The number of hydrogen-bond donors (Lipinski definition) is 1. The van der Waals surface area contributed by atoms with Gasteiger partial charge in [0.1, 0.15) is 5.75 Å². The van der Waals surface area contributed by atoms with Crippen molar-refractivity contribution in [3.63, 3.8) is 0 Å². The highest BCUT2D eigenvalue weighted by molar-refractivity contribution is 6.03. The van der Waals surface area contributed by atoms with Gasteiger partial charge in [0.15, 0.2) is 11.3 Å². The number of amides is 1. The van der Waals surface area contributed by atoms with Crippen LogP contribution in [0.1, 0.15) is 34.4 Å². The maximum atomic E-state index is 13.0. The number of carbonyl (C=O) groups is 1. The Kier molecular flexibility index (Phi) is 5.75. The van der Waals surface area contributed by atoms with E-state index in [9.17, 15) is 18.0 Å². The Hall–Kier alpha value is -3.95. The van der Waals surface area contributed by atoms with Crippen LogP contribution in [0.25, 0.3) is 16.8 Å². The second kappa shape index (κ2) is 8.53. The van der Waals surface area contributed by atoms with Gasteiger partial charge in [-0.3, -0.25) is 4.79 Å². The lowest BCUT2D eigenvalue weighted by molar-refractivity contribution is -0.137. The number of carbonyl (C=O) groups excluding carboxylic acids is 1. The van der Waals surface area contributed by atoms with Gasteiger partial charge in [0.25, 0.3) is 5.91 Å². The van der Waals surface area contributed by atoms with Crippen LogP contribution >= 0.6 is 0 Å². The molecule has 4 rings (SSSR count). The Labute approximate surface area is 187 Å². The summed E-state index contributed by atoms with van der Waals surface area (Å²) >= 11 is 0. The lowest BCUT2D eigenvalue weighted by Crippen LogP contribution is -2.19. The van der Waals surface area contributed by atoms with Crippen LogP contribution in [-0.4, -0.2) is 32.8 Å². The minimum absolute atomic E-state index is 0.00440. The molecule has 0 radical (unpaired) electrons. The third-order valence-corrected chi connectivity index (χ3v) is 5.22.